The molecule has 19 nitrogen and oxygen atoms in total. The Balaban J connectivity index is 1.49. The van der Waals surface area contributed by atoms with Crippen LogP contribution in [0.25, 0.3) is 11.2 Å². The molecular formula is C15H27BN7O12P3S. The number of imidazole rings is 1. The molecule has 0 spiro atoms. The SMILES string of the molecule is BP(=O)(OCC1OC(n2cnc3c(N)nc(SC)nc32)C2OC(OC)OC12)OP(=O)(O)OP(=O)(O)NCCN. The topological polar surface area (TPSA) is 264 Å². The number of rotatable bonds is 13. The van der Waals surface area contributed by atoms with E-state index in [1.54, 1.807) is 10.8 Å². The number of fused-ring (bicyclic) bond motifs is 2. The van der Waals surface area contributed by atoms with Gasteiger partial charge in [-0.2, -0.15) is 4.31 Å². The Kier molecular flexibility index (Phi) is 9.60. The molecule has 39 heavy (non-hydrogen) atoms. The van der Waals surface area contributed by atoms with Gasteiger partial charge in [-0.15, -0.1) is 0 Å². The van der Waals surface area contributed by atoms with E-state index in [-0.39, 0.29) is 18.9 Å². The minimum Gasteiger partial charge on any atom is -0.382 e. The van der Waals surface area contributed by atoms with Gasteiger partial charge in [0.2, 0.25) is 0 Å². The van der Waals surface area contributed by atoms with E-state index < -0.39 is 60.7 Å². The standard InChI is InChI=1S/C15H27BN7O12P3S/c1-29-15-32-9-7(5-30-36(16,24)34-38(27,28)35-37(25,26)20-4-3-17)31-13(10(9)33-15)23-6-19-8-11(18)21-14(39-2)22-12(8)23/h6-7,9-10,13,15H,3-5,16-17H2,1-2H3,(H,27,28)(H2,18,21,22)(H2,20,25,26). The predicted octanol–water partition coefficient (Wildman–Crippen LogP) is -0.718. The number of aromatic nitrogens is 4. The molecule has 0 aliphatic carbocycles. The zero-order valence-electron chi connectivity index (χ0n) is 20.8. The fourth-order valence-electron chi connectivity index (χ4n) is 3.78. The summed E-state index contributed by atoms with van der Waals surface area (Å²) >= 11 is 1.28. The Morgan fingerprint density at radius 3 is 2.59 bits per heavy atom. The second kappa shape index (κ2) is 12.1. The summed E-state index contributed by atoms with van der Waals surface area (Å²) in [6.07, 6.45) is -0.197. The third-order valence-electron chi connectivity index (χ3n) is 5.29. The number of methoxy groups -OCH3 is 1. The van der Waals surface area contributed by atoms with E-state index in [1.807, 2.05) is 5.09 Å². The van der Waals surface area contributed by atoms with Crippen molar-refractivity contribution in [2.75, 3.05) is 38.8 Å². The number of phosphoric acid groups is 1. The number of hydrogen-bond acceptors (Lipinski definition) is 16. The van der Waals surface area contributed by atoms with Gasteiger partial charge >= 0.3 is 15.6 Å². The van der Waals surface area contributed by atoms with Crippen LogP contribution in [0.4, 0.5) is 5.82 Å². The molecule has 0 radical (unpaired) electrons. The van der Waals surface area contributed by atoms with E-state index in [1.165, 1.54) is 25.2 Å². The fourth-order valence-corrected chi connectivity index (χ4v) is 8.40. The average molecular weight is 633 g/mol. The lowest BCUT2D eigenvalue weighted by molar-refractivity contribution is -0.256. The molecule has 0 saturated carbocycles. The van der Waals surface area contributed by atoms with Gasteiger partial charge in [0.1, 0.15) is 23.8 Å². The summed E-state index contributed by atoms with van der Waals surface area (Å²) < 4.78 is 75.3. The van der Waals surface area contributed by atoms with Gasteiger partial charge in [0.05, 0.1) is 12.9 Å². The van der Waals surface area contributed by atoms with Crippen molar-refractivity contribution < 1.29 is 55.6 Å². The molecule has 8 unspecified atom stereocenters. The molecule has 24 heteroatoms. The van der Waals surface area contributed by atoms with Gasteiger partial charge in [-0.1, -0.05) is 11.8 Å². The third-order valence-corrected chi connectivity index (χ3v) is 10.8. The molecule has 218 valence electrons. The summed E-state index contributed by atoms with van der Waals surface area (Å²) in [7, 11) is -12.2. The van der Waals surface area contributed by atoms with Crippen molar-refractivity contribution in [3.63, 3.8) is 0 Å². The van der Waals surface area contributed by atoms with E-state index in [9.17, 15) is 23.5 Å². The molecule has 2 aromatic heterocycles. The highest BCUT2D eigenvalue weighted by Gasteiger charge is 2.54. The maximum absolute atomic E-state index is 12.8. The first-order valence-electron chi connectivity index (χ1n) is 11.1. The lowest BCUT2D eigenvalue weighted by atomic mass is 10.1. The van der Waals surface area contributed by atoms with Gasteiger partial charge in [0.15, 0.2) is 22.8 Å². The number of anilines is 1. The Bertz CT molecular complexity index is 1340. The van der Waals surface area contributed by atoms with E-state index in [4.69, 9.17) is 34.9 Å². The highest BCUT2D eigenvalue weighted by molar-refractivity contribution is 7.98. The second-order valence-electron chi connectivity index (χ2n) is 8.13. The van der Waals surface area contributed by atoms with Crippen molar-refractivity contribution in [3.8, 4) is 0 Å². The van der Waals surface area contributed by atoms with Gasteiger partial charge in [0.25, 0.3) is 21.5 Å². The largest absolute Gasteiger partial charge is 0.487 e. The van der Waals surface area contributed by atoms with Crippen molar-refractivity contribution in [1.29, 1.82) is 0 Å². The first-order valence-corrected chi connectivity index (χ1v) is 17.4. The third kappa shape index (κ3) is 7.27. The lowest BCUT2D eigenvalue weighted by Crippen LogP contribution is -2.31. The second-order valence-corrected chi connectivity index (χ2v) is 14.3. The van der Waals surface area contributed by atoms with Gasteiger partial charge in [-0.3, -0.25) is 9.13 Å². The van der Waals surface area contributed by atoms with Crippen molar-refractivity contribution in [2.45, 2.75) is 36.2 Å². The van der Waals surface area contributed by atoms with Gasteiger partial charge in [-0.05, 0) is 6.26 Å². The van der Waals surface area contributed by atoms with Crippen LogP contribution in [0, 0.1) is 0 Å². The quantitative estimate of drug-likeness (QED) is 0.0788. The van der Waals surface area contributed by atoms with Crippen LogP contribution in [0.5, 0.6) is 0 Å². The summed E-state index contributed by atoms with van der Waals surface area (Å²) in [6, 6.07) is 0. The molecular weight excluding hydrogens is 606 g/mol. The van der Waals surface area contributed by atoms with Crippen LogP contribution >= 0.6 is 34.8 Å². The van der Waals surface area contributed by atoms with E-state index >= 15 is 0 Å². The highest BCUT2D eigenvalue weighted by atomic mass is 32.2. The smallest absolute Gasteiger partial charge is 0.382 e. The molecule has 0 amide bonds. The Morgan fingerprint density at radius 1 is 1.21 bits per heavy atom. The Hall–Kier alpha value is -0.985. The summed E-state index contributed by atoms with van der Waals surface area (Å²) in [5.41, 5.74) is 11.9. The van der Waals surface area contributed by atoms with Crippen molar-refractivity contribution in [2.24, 2.45) is 5.73 Å². The maximum Gasteiger partial charge on any atom is 0.487 e. The molecule has 0 aromatic carbocycles. The summed E-state index contributed by atoms with van der Waals surface area (Å²) in [5, 5.41) is 2.34. The minimum atomic E-state index is -5.33. The average Bonchev–Trinajstić information content (AvgIpc) is 3.53. The molecule has 4 heterocycles. The molecule has 7 N–H and O–H groups in total. The molecule has 4 rings (SSSR count). The first-order chi connectivity index (χ1) is 18.3. The summed E-state index contributed by atoms with van der Waals surface area (Å²) in [5.74, 6) is 0.168. The van der Waals surface area contributed by atoms with Crippen molar-refractivity contribution in [3.05, 3.63) is 6.33 Å². The van der Waals surface area contributed by atoms with E-state index in [0.29, 0.717) is 16.3 Å². The summed E-state index contributed by atoms with van der Waals surface area (Å²) in [4.78, 5) is 32.3. The minimum absolute atomic E-state index is 0.0614. The zero-order chi connectivity index (χ0) is 28.6. The van der Waals surface area contributed by atoms with Gasteiger partial charge in [0, 0.05) is 20.2 Å². The van der Waals surface area contributed by atoms with Gasteiger partial charge < -0.3 is 44.7 Å². The zero-order valence-corrected chi connectivity index (χ0v) is 24.3. The van der Waals surface area contributed by atoms with E-state index in [2.05, 4.69) is 23.6 Å². The normalized spacial score (nSPS) is 29.6. The van der Waals surface area contributed by atoms with Crippen LogP contribution in [0.15, 0.2) is 11.5 Å². The number of nitrogens with one attached hydrogen (secondary N) is 1. The van der Waals surface area contributed by atoms with Crippen molar-refractivity contribution >= 4 is 59.4 Å². The van der Waals surface area contributed by atoms with Crippen LogP contribution in [0.3, 0.4) is 0 Å². The monoisotopic (exact) mass is 633 g/mol. The Morgan fingerprint density at radius 2 is 1.92 bits per heavy atom. The van der Waals surface area contributed by atoms with Crippen LogP contribution in [0.1, 0.15) is 6.23 Å². The fraction of sp³-hybridized carbons (Fsp3) is 0.667. The molecule has 2 fully saturated rings. The number of ether oxygens (including phenoxy) is 4. The van der Waals surface area contributed by atoms with Crippen LogP contribution in [0.2, 0.25) is 0 Å². The van der Waals surface area contributed by atoms with Crippen molar-refractivity contribution in [1.82, 2.24) is 24.6 Å². The molecule has 2 saturated heterocycles. The number of hydrogen-bond donors (Lipinski definition) is 5. The molecule has 8 atom stereocenters. The van der Waals surface area contributed by atoms with Crippen LogP contribution in [-0.2, 0) is 45.8 Å². The number of nitrogen functional groups attached to an aromatic ring is 1. The molecule has 2 aliphatic rings. The number of nitrogens with zero attached hydrogens (tertiary/aromatic N) is 4. The van der Waals surface area contributed by atoms with Crippen LogP contribution < -0.4 is 16.6 Å². The number of thioether (sulfide) groups is 1. The van der Waals surface area contributed by atoms with Gasteiger partial charge in [-0.25, -0.2) is 33.5 Å². The van der Waals surface area contributed by atoms with Crippen LogP contribution in [-0.4, -0.2) is 94.7 Å². The Labute approximate surface area is 226 Å². The highest BCUT2D eigenvalue weighted by Crippen LogP contribution is 2.66. The molecule has 0 bridgehead atoms. The predicted molar refractivity (Wildman–Crippen MR) is 137 cm³/mol. The molecule has 2 aromatic rings. The lowest BCUT2D eigenvalue weighted by Gasteiger charge is -2.23. The molecule has 2 aliphatic heterocycles. The number of nitrogens with two attached hydrogens (primary N) is 2. The summed E-state index contributed by atoms with van der Waals surface area (Å²) in [6.45, 7) is -1.80. The maximum atomic E-state index is 12.8. The van der Waals surface area contributed by atoms with E-state index in [0.717, 1.165) is 7.57 Å². The first kappa shape index (κ1) is 31.0.